The molecule has 20 heteroatoms. The number of rotatable bonds is 9. The van der Waals surface area contributed by atoms with Crippen LogP contribution in [0.2, 0.25) is 0 Å². The summed E-state index contributed by atoms with van der Waals surface area (Å²) in [6.07, 6.45) is 7.65. The molecule has 0 radical (unpaired) electrons. The molecule has 52 heavy (non-hydrogen) atoms. The molecule has 300 valence electrons. The zero-order chi connectivity index (χ0) is 36.6. The maximum absolute atomic E-state index is 11.1. The molecule has 1 aromatic heterocycles. The maximum atomic E-state index is 11.1. The fraction of sp³-hybridized carbons (Fsp3) is 0.719. The smallest absolute Gasteiger partial charge is 0.309 e. The van der Waals surface area contributed by atoms with Gasteiger partial charge in [0.1, 0.15) is 10.5 Å². The first-order valence-electron chi connectivity index (χ1n) is 15.4. The summed E-state index contributed by atoms with van der Waals surface area (Å²) in [5, 5.41) is 16.9. The van der Waals surface area contributed by atoms with Crippen molar-refractivity contribution in [2.75, 3.05) is 47.8 Å². The fourth-order valence-electron chi connectivity index (χ4n) is 4.21. The minimum absolute atomic E-state index is 0. The third-order valence-corrected chi connectivity index (χ3v) is 8.03. The highest BCUT2D eigenvalue weighted by molar-refractivity contribution is 7.09. The summed E-state index contributed by atoms with van der Waals surface area (Å²) in [5.41, 5.74) is 7.59. The molecule has 3 saturated carbocycles. The van der Waals surface area contributed by atoms with Gasteiger partial charge in [-0.05, 0) is 44.9 Å². The highest BCUT2D eigenvalue weighted by Crippen LogP contribution is 2.48. The van der Waals surface area contributed by atoms with Crippen molar-refractivity contribution < 1.29 is 62.4 Å². The molecule has 1 aromatic rings. The number of carbonyl (C=O) groups is 7. The van der Waals surface area contributed by atoms with Crippen molar-refractivity contribution in [3.8, 4) is 0 Å². The van der Waals surface area contributed by atoms with Crippen LogP contribution in [-0.4, -0.2) is 106 Å². The zero-order valence-electron chi connectivity index (χ0n) is 27.7. The molecule has 6 rings (SSSR count). The number of ether oxygens (including phenoxy) is 5. The van der Waals surface area contributed by atoms with Gasteiger partial charge in [-0.15, -0.1) is 21.5 Å². The lowest BCUT2D eigenvalue weighted by Gasteiger charge is -2.00. The number of aliphatic carboxylic acids is 1. The van der Waals surface area contributed by atoms with Crippen LogP contribution < -0.4 is 22.1 Å². The summed E-state index contributed by atoms with van der Waals surface area (Å²) in [6, 6.07) is 0. The quantitative estimate of drug-likeness (QED) is 0.0593. The van der Waals surface area contributed by atoms with Crippen LogP contribution in [-0.2, 0) is 57.2 Å². The van der Waals surface area contributed by atoms with Gasteiger partial charge in [0, 0.05) is 32.3 Å². The number of carbonyl (C=O) groups excluding carboxylic acids is 6. The normalized spacial score (nSPS) is 22.9. The van der Waals surface area contributed by atoms with E-state index in [9.17, 15) is 28.8 Å². The van der Waals surface area contributed by atoms with Crippen molar-refractivity contribution in [1.29, 1.82) is 0 Å². The van der Waals surface area contributed by atoms with Crippen LogP contribution in [0.5, 0.6) is 0 Å². The average Bonchev–Trinajstić information content (AvgIpc) is 4.06. The topological polar surface area (TPSA) is 274 Å². The van der Waals surface area contributed by atoms with Crippen molar-refractivity contribution in [2.45, 2.75) is 73.1 Å². The highest BCUT2D eigenvalue weighted by Gasteiger charge is 2.50. The third-order valence-electron chi connectivity index (χ3n) is 7.21. The standard InChI is InChI=1S/C7H10N2O4.C7H8N2O2S.C6H8O4.2C4H8O.CH4N2O.3CH4/c1-13-7(12)5-2-4(5)6(11)9-8-3-10;1-11-7(10)5-2-4(5)6-9-8-3-12-6;1-10-6(9)4-2-3(4)5(7)8;2*1-2-4-5-3-1;2-3-1-4;;;/h3-5H,2H2,1H3,(H,8,10)(H,9,11);3-5H,2H2,1H3;3-4H,2H2,1H3,(H,7,8);2*1-4H2;1H,2H2,(H,3,4);3*1H4/t2*4-,5-;3-,4-;;;;;;/m000....../s1. The Bertz CT molecular complexity index is 1140. The van der Waals surface area contributed by atoms with E-state index in [1.165, 1.54) is 58.3 Å². The Morgan fingerprint density at radius 1 is 0.769 bits per heavy atom. The first-order chi connectivity index (χ1) is 23.6. The number of hydrogen-bond acceptors (Lipinski definition) is 16. The van der Waals surface area contributed by atoms with E-state index in [0.717, 1.165) is 37.9 Å². The van der Waals surface area contributed by atoms with Crippen molar-refractivity contribution in [1.82, 2.24) is 26.5 Å². The average molecular weight is 767 g/mol. The van der Waals surface area contributed by atoms with E-state index < -0.39 is 17.9 Å². The molecule has 2 saturated heterocycles. The summed E-state index contributed by atoms with van der Waals surface area (Å²) < 4.78 is 23.3. The monoisotopic (exact) mass is 766 g/mol. The maximum Gasteiger partial charge on any atom is 0.309 e. The van der Waals surface area contributed by atoms with E-state index in [-0.39, 0.29) is 69.7 Å². The molecule has 0 bridgehead atoms. The minimum Gasteiger partial charge on any atom is -0.481 e. The predicted octanol–water partition coefficient (Wildman–Crippen LogP) is 1.38. The van der Waals surface area contributed by atoms with Crippen LogP contribution in [0.1, 0.15) is 78.2 Å². The van der Waals surface area contributed by atoms with Crippen LogP contribution in [0.25, 0.3) is 0 Å². The zero-order valence-corrected chi connectivity index (χ0v) is 28.5. The Labute approximate surface area is 309 Å². The lowest BCUT2D eigenvalue weighted by Crippen LogP contribution is -2.37. The third kappa shape index (κ3) is 21.2. The molecule has 2 aliphatic heterocycles. The van der Waals surface area contributed by atoms with Gasteiger partial charge in [-0.1, -0.05) is 22.3 Å². The SMILES string of the molecule is C.C.C.C1CCOC1.C1CCOC1.COC(=O)[C@H]1C[C@@H]1C(=O)NNC=O.COC(=O)[C@H]1C[C@@H]1C(=O)O.COC(=O)[C@H]1C[C@@H]1c1nncs1.NNC=O. The molecule has 19 nitrogen and oxygen atoms in total. The predicted molar refractivity (Wildman–Crippen MR) is 189 cm³/mol. The molecule has 3 amide bonds. The molecule has 0 spiro atoms. The van der Waals surface area contributed by atoms with Crippen molar-refractivity contribution in [2.24, 2.45) is 35.4 Å². The number of nitrogens with two attached hydrogens (primary N) is 1. The van der Waals surface area contributed by atoms with Crippen molar-refractivity contribution >= 4 is 53.9 Å². The summed E-state index contributed by atoms with van der Waals surface area (Å²) in [7, 11) is 3.96. The van der Waals surface area contributed by atoms with Gasteiger partial charge in [0.05, 0.1) is 50.9 Å². The summed E-state index contributed by atoms with van der Waals surface area (Å²) in [6.45, 7) is 4.00. The van der Waals surface area contributed by atoms with E-state index in [4.69, 9.17) is 19.4 Å². The van der Waals surface area contributed by atoms with Crippen molar-refractivity contribution in [3.05, 3.63) is 10.5 Å². The number of hydrogen-bond donors (Lipinski definition) is 5. The second-order valence-electron chi connectivity index (χ2n) is 10.7. The summed E-state index contributed by atoms with van der Waals surface area (Å²) in [4.78, 5) is 72.5. The molecular weight excluding hydrogens is 708 g/mol. The number of amides is 3. The number of nitrogens with zero attached hydrogens (tertiary/aromatic N) is 2. The number of carboxylic acid groups (broad SMARTS) is 1. The van der Waals surface area contributed by atoms with Gasteiger partial charge in [0.2, 0.25) is 18.7 Å². The van der Waals surface area contributed by atoms with Crippen LogP contribution in [0, 0.1) is 29.6 Å². The number of aromatic nitrogens is 2. The van der Waals surface area contributed by atoms with E-state index in [1.54, 1.807) is 10.9 Å². The Morgan fingerprint density at radius 3 is 1.54 bits per heavy atom. The first kappa shape index (κ1) is 52.1. The molecule has 5 aliphatic rings. The van der Waals surface area contributed by atoms with Crippen LogP contribution >= 0.6 is 11.3 Å². The second kappa shape index (κ2) is 30.4. The molecule has 0 aromatic carbocycles. The largest absolute Gasteiger partial charge is 0.481 e. The van der Waals surface area contributed by atoms with E-state index >= 15 is 0 Å². The highest BCUT2D eigenvalue weighted by atomic mass is 32.1. The number of carboxylic acids is 1. The Morgan fingerprint density at radius 2 is 1.21 bits per heavy atom. The molecule has 3 heterocycles. The number of esters is 3. The van der Waals surface area contributed by atoms with E-state index in [2.05, 4.69) is 35.7 Å². The van der Waals surface area contributed by atoms with Gasteiger partial charge in [-0.3, -0.25) is 49.8 Å². The molecule has 6 atom stereocenters. The second-order valence-corrected chi connectivity index (χ2v) is 11.6. The lowest BCUT2D eigenvalue weighted by molar-refractivity contribution is -0.146. The van der Waals surface area contributed by atoms with Gasteiger partial charge in [-0.25, -0.2) is 5.84 Å². The van der Waals surface area contributed by atoms with Crippen LogP contribution in [0.4, 0.5) is 0 Å². The van der Waals surface area contributed by atoms with Crippen LogP contribution in [0.15, 0.2) is 5.51 Å². The summed E-state index contributed by atoms with van der Waals surface area (Å²) in [5.74, 6) is 0.931. The van der Waals surface area contributed by atoms with E-state index in [1.807, 2.05) is 5.43 Å². The molecular formula is C32H58N6O13S. The molecule has 0 unspecified atom stereocenters. The molecule has 3 aliphatic carbocycles. The Hall–Kier alpha value is -4.27. The number of methoxy groups -OCH3 is 3. The van der Waals surface area contributed by atoms with Gasteiger partial charge >= 0.3 is 23.9 Å². The lowest BCUT2D eigenvalue weighted by atomic mass is 10.3. The molecule has 6 N–H and O–H groups in total. The fourth-order valence-corrected chi connectivity index (χ4v) is 4.95. The Balaban J connectivity index is -0.000000574. The summed E-state index contributed by atoms with van der Waals surface area (Å²) >= 11 is 1.50. The van der Waals surface area contributed by atoms with E-state index in [0.29, 0.717) is 25.7 Å². The van der Waals surface area contributed by atoms with Gasteiger partial charge < -0.3 is 28.8 Å². The van der Waals surface area contributed by atoms with Gasteiger partial charge in [0.25, 0.3) is 0 Å². The number of nitrogens with one attached hydrogen (secondary N) is 3. The van der Waals surface area contributed by atoms with Gasteiger partial charge in [0.15, 0.2) is 0 Å². The first-order valence-corrected chi connectivity index (χ1v) is 16.3. The van der Waals surface area contributed by atoms with Crippen LogP contribution in [0.3, 0.4) is 0 Å². The van der Waals surface area contributed by atoms with Gasteiger partial charge in [-0.2, -0.15) is 0 Å². The number of hydrazine groups is 2. The Kier molecular flexibility index (Phi) is 30.4. The van der Waals surface area contributed by atoms with Crippen molar-refractivity contribution in [3.63, 3.8) is 0 Å². The minimum atomic E-state index is -0.907. The molecule has 5 fully saturated rings.